The Hall–Kier alpha value is -0.620. The smallest absolute Gasteiger partial charge is 0.333 e. The first-order chi connectivity index (χ1) is 10.8. The SMILES string of the molecule is CC1(C(=O)O)C=C(CCBr)C(Br)=C(C(=O)O)C1C1CCCCC1. The van der Waals surface area contributed by atoms with Crippen LogP contribution in [0.25, 0.3) is 0 Å². The fourth-order valence-corrected chi connectivity index (χ4v) is 5.18. The Bertz CT molecular complexity index is 561. The molecule has 0 aromatic carbocycles. The van der Waals surface area contributed by atoms with E-state index in [-0.39, 0.29) is 11.5 Å². The summed E-state index contributed by atoms with van der Waals surface area (Å²) >= 11 is 6.80. The summed E-state index contributed by atoms with van der Waals surface area (Å²) in [5.74, 6) is -2.35. The second-order valence-electron chi connectivity index (χ2n) is 6.60. The lowest BCUT2D eigenvalue weighted by Crippen LogP contribution is -2.44. The van der Waals surface area contributed by atoms with Gasteiger partial charge < -0.3 is 10.2 Å². The van der Waals surface area contributed by atoms with Gasteiger partial charge in [-0.05, 0) is 53.6 Å². The first kappa shape index (κ1) is 18.7. The Morgan fingerprint density at radius 1 is 1.26 bits per heavy atom. The minimum absolute atomic E-state index is 0.102. The zero-order valence-corrected chi connectivity index (χ0v) is 16.3. The van der Waals surface area contributed by atoms with Crippen molar-refractivity contribution in [3.8, 4) is 0 Å². The van der Waals surface area contributed by atoms with Gasteiger partial charge in [-0.25, -0.2) is 4.79 Å². The van der Waals surface area contributed by atoms with Gasteiger partial charge in [0.05, 0.1) is 11.0 Å². The van der Waals surface area contributed by atoms with E-state index in [0.717, 1.165) is 37.7 Å². The van der Waals surface area contributed by atoms with Gasteiger partial charge in [-0.15, -0.1) is 0 Å². The fraction of sp³-hybridized carbons (Fsp3) is 0.647. The second kappa shape index (κ2) is 7.51. The molecule has 1 fully saturated rings. The normalized spacial score (nSPS) is 29.3. The van der Waals surface area contributed by atoms with Crippen LogP contribution in [0.4, 0.5) is 0 Å². The van der Waals surface area contributed by atoms with E-state index in [1.807, 2.05) is 0 Å². The van der Waals surface area contributed by atoms with Crippen LogP contribution >= 0.6 is 31.9 Å². The summed E-state index contributed by atoms with van der Waals surface area (Å²) in [7, 11) is 0. The quantitative estimate of drug-likeness (QED) is 0.594. The van der Waals surface area contributed by atoms with Crippen LogP contribution in [-0.4, -0.2) is 27.5 Å². The van der Waals surface area contributed by atoms with Crippen molar-refractivity contribution in [3.05, 3.63) is 21.7 Å². The highest BCUT2D eigenvalue weighted by atomic mass is 79.9. The van der Waals surface area contributed by atoms with Crippen molar-refractivity contribution in [1.82, 2.24) is 0 Å². The minimum atomic E-state index is -1.18. The molecule has 2 aliphatic carbocycles. The van der Waals surface area contributed by atoms with E-state index < -0.39 is 23.3 Å². The Kier molecular flexibility index (Phi) is 6.11. The van der Waals surface area contributed by atoms with Crippen molar-refractivity contribution < 1.29 is 19.8 Å². The average Bonchev–Trinajstić information content (AvgIpc) is 2.50. The third-order valence-corrected chi connectivity index (χ3v) is 6.46. The van der Waals surface area contributed by atoms with Gasteiger partial charge in [0.2, 0.25) is 0 Å². The third-order valence-electron chi connectivity index (χ3n) is 5.13. The van der Waals surface area contributed by atoms with Crippen LogP contribution in [0.1, 0.15) is 45.4 Å². The molecule has 2 unspecified atom stereocenters. The Morgan fingerprint density at radius 3 is 2.35 bits per heavy atom. The molecule has 0 amide bonds. The summed E-state index contributed by atoms with van der Waals surface area (Å²) in [4.78, 5) is 24.0. The van der Waals surface area contributed by atoms with E-state index in [1.165, 1.54) is 0 Å². The van der Waals surface area contributed by atoms with Crippen molar-refractivity contribution in [3.63, 3.8) is 0 Å². The number of hydrogen-bond acceptors (Lipinski definition) is 2. The predicted octanol–water partition coefficient (Wildman–Crippen LogP) is 4.73. The lowest BCUT2D eigenvalue weighted by Gasteiger charge is -2.42. The van der Waals surface area contributed by atoms with E-state index in [2.05, 4.69) is 31.9 Å². The molecule has 6 heteroatoms. The summed E-state index contributed by atoms with van der Waals surface area (Å²) in [6.07, 6.45) is 7.38. The molecular formula is C17H22Br2O4. The van der Waals surface area contributed by atoms with Gasteiger partial charge in [0, 0.05) is 15.7 Å². The molecule has 2 atom stereocenters. The number of carbonyl (C=O) groups is 2. The molecule has 0 radical (unpaired) electrons. The number of rotatable bonds is 5. The molecule has 0 aromatic rings. The Balaban J connectivity index is 2.58. The van der Waals surface area contributed by atoms with E-state index in [9.17, 15) is 19.8 Å². The summed E-state index contributed by atoms with van der Waals surface area (Å²) < 4.78 is 0.568. The maximum Gasteiger partial charge on any atom is 0.333 e. The molecule has 0 bridgehead atoms. The first-order valence-electron chi connectivity index (χ1n) is 7.97. The molecule has 4 nitrogen and oxygen atoms in total. The van der Waals surface area contributed by atoms with Crippen LogP contribution in [0.3, 0.4) is 0 Å². The van der Waals surface area contributed by atoms with Crippen molar-refractivity contribution in [2.24, 2.45) is 17.3 Å². The third kappa shape index (κ3) is 3.58. The minimum Gasteiger partial charge on any atom is -0.481 e. The largest absolute Gasteiger partial charge is 0.481 e. The Labute approximate surface area is 153 Å². The highest BCUT2D eigenvalue weighted by Gasteiger charge is 2.50. The van der Waals surface area contributed by atoms with Gasteiger partial charge in [0.25, 0.3) is 0 Å². The lowest BCUT2D eigenvalue weighted by molar-refractivity contribution is -0.149. The molecule has 0 saturated heterocycles. The highest BCUT2D eigenvalue weighted by molar-refractivity contribution is 9.12. The molecule has 2 aliphatic rings. The maximum atomic E-state index is 12.1. The summed E-state index contributed by atoms with van der Waals surface area (Å²) in [6.45, 7) is 1.67. The number of carboxylic acid groups (broad SMARTS) is 2. The molecule has 1 saturated carbocycles. The monoisotopic (exact) mass is 448 g/mol. The van der Waals surface area contributed by atoms with Crippen LogP contribution in [-0.2, 0) is 9.59 Å². The molecule has 0 heterocycles. The Morgan fingerprint density at radius 2 is 1.87 bits per heavy atom. The van der Waals surface area contributed by atoms with Gasteiger partial charge in [-0.2, -0.15) is 0 Å². The standard InChI is InChI=1S/C17H22Br2O4/c1-17(16(22)23)9-11(7-8-18)14(19)12(15(20)21)13(17)10-5-3-2-4-6-10/h9-10,13H,2-8H2,1H3,(H,20,21)(H,22,23). The molecule has 2 N–H and O–H groups in total. The zero-order chi connectivity index (χ0) is 17.2. The van der Waals surface area contributed by atoms with Crippen LogP contribution in [0, 0.1) is 17.3 Å². The van der Waals surface area contributed by atoms with Gasteiger partial charge in [0.1, 0.15) is 0 Å². The molecular weight excluding hydrogens is 428 g/mol. The number of hydrogen-bond donors (Lipinski definition) is 2. The number of allylic oxidation sites excluding steroid dienone is 2. The first-order valence-corrected chi connectivity index (χ1v) is 9.88. The molecule has 23 heavy (non-hydrogen) atoms. The zero-order valence-electron chi connectivity index (χ0n) is 13.1. The summed E-state index contributed by atoms with van der Waals surface area (Å²) in [5, 5.41) is 20.3. The van der Waals surface area contributed by atoms with Crippen molar-refractivity contribution in [2.75, 3.05) is 5.33 Å². The van der Waals surface area contributed by atoms with Crippen LogP contribution in [0.15, 0.2) is 21.7 Å². The van der Waals surface area contributed by atoms with Gasteiger partial charge in [-0.3, -0.25) is 4.79 Å². The van der Waals surface area contributed by atoms with E-state index in [1.54, 1.807) is 13.0 Å². The second-order valence-corrected chi connectivity index (χ2v) is 8.19. The molecule has 0 aliphatic heterocycles. The van der Waals surface area contributed by atoms with Crippen molar-refractivity contribution >= 4 is 43.8 Å². The van der Waals surface area contributed by atoms with E-state index >= 15 is 0 Å². The van der Waals surface area contributed by atoms with Gasteiger partial charge in [0.15, 0.2) is 0 Å². The number of aliphatic carboxylic acids is 2. The van der Waals surface area contributed by atoms with Crippen LogP contribution < -0.4 is 0 Å². The van der Waals surface area contributed by atoms with Crippen LogP contribution in [0.5, 0.6) is 0 Å². The van der Waals surface area contributed by atoms with E-state index in [0.29, 0.717) is 16.2 Å². The van der Waals surface area contributed by atoms with Gasteiger partial charge in [-0.1, -0.05) is 41.3 Å². The molecule has 128 valence electrons. The highest BCUT2D eigenvalue weighted by Crippen LogP contribution is 2.52. The van der Waals surface area contributed by atoms with E-state index in [4.69, 9.17) is 0 Å². The number of carboxylic acids is 2. The summed E-state index contributed by atoms with van der Waals surface area (Å²) in [5.41, 5.74) is -0.179. The molecule has 0 spiro atoms. The number of halogens is 2. The fourth-order valence-electron chi connectivity index (χ4n) is 4.02. The number of alkyl halides is 1. The van der Waals surface area contributed by atoms with Crippen molar-refractivity contribution in [1.29, 1.82) is 0 Å². The predicted molar refractivity (Wildman–Crippen MR) is 95.9 cm³/mol. The molecule has 0 aromatic heterocycles. The van der Waals surface area contributed by atoms with Crippen LogP contribution in [0.2, 0.25) is 0 Å². The topological polar surface area (TPSA) is 74.6 Å². The van der Waals surface area contributed by atoms with Gasteiger partial charge >= 0.3 is 11.9 Å². The average molecular weight is 450 g/mol. The maximum absolute atomic E-state index is 12.1. The molecule has 2 rings (SSSR count). The summed E-state index contributed by atoms with van der Waals surface area (Å²) in [6, 6.07) is 0. The van der Waals surface area contributed by atoms with Crippen molar-refractivity contribution in [2.45, 2.75) is 45.4 Å². The lowest BCUT2D eigenvalue weighted by atomic mass is 9.60.